The van der Waals surface area contributed by atoms with Crippen molar-refractivity contribution in [1.29, 1.82) is 0 Å². The Bertz CT molecular complexity index is 1440. The van der Waals surface area contributed by atoms with Crippen molar-refractivity contribution >= 4 is 39.1 Å². The fourth-order valence-electron chi connectivity index (χ4n) is 5.27. The summed E-state index contributed by atoms with van der Waals surface area (Å²) >= 11 is 6.52. The molecule has 3 aromatic carbocycles. The number of amides is 2. The van der Waals surface area contributed by atoms with E-state index < -0.39 is 28.5 Å². The van der Waals surface area contributed by atoms with Gasteiger partial charge in [0.05, 0.1) is 19.1 Å². The lowest BCUT2D eigenvalue weighted by molar-refractivity contribution is -0.140. The molecule has 0 saturated heterocycles. The lowest BCUT2D eigenvalue weighted by Crippen LogP contribution is -2.55. The molecule has 0 bridgehead atoms. The second kappa shape index (κ2) is 14.6. The predicted molar refractivity (Wildman–Crippen MR) is 166 cm³/mol. The Hall–Kier alpha value is -3.56. The molecule has 0 heterocycles. The minimum atomic E-state index is -3.86. The number of halogens is 1. The molecule has 0 aliphatic heterocycles. The van der Waals surface area contributed by atoms with E-state index in [0.29, 0.717) is 22.0 Å². The number of anilines is 1. The lowest BCUT2D eigenvalue weighted by Gasteiger charge is -2.35. The van der Waals surface area contributed by atoms with Gasteiger partial charge in [-0.3, -0.25) is 13.9 Å². The van der Waals surface area contributed by atoms with Gasteiger partial charge in [0, 0.05) is 24.0 Å². The Kier molecular flexibility index (Phi) is 10.9. The van der Waals surface area contributed by atoms with Gasteiger partial charge in [0.1, 0.15) is 18.3 Å². The van der Waals surface area contributed by atoms with Gasteiger partial charge in [0.2, 0.25) is 21.8 Å². The summed E-state index contributed by atoms with van der Waals surface area (Å²) in [6.45, 7) is -0.452. The molecule has 0 radical (unpaired) electrons. The van der Waals surface area contributed by atoms with E-state index in [-0.39, 0.29) is 24.9 Å². The summed E-state index contributed by atoms with van der Waals surface area (Å²) in [6, 6.07) is 22.2. The normalized spacial score (nSPS) is 14.5. The van der Waals surface area contributed by atoms with Gasteiger partial charge in [-0.25, -0.2) is 8.42 Å². The molecular weight excluding hydrogens is 574 g/mol. The monoisotopic (exact) mass is 611 g/mol. The Labute approximate surface area is 253 Å². The quantitative estimate of drug-likeness (QED) is 0.304. The number of carbonyl (C=O) groups is 2. The molecule has 0 spiro atoms. The Balaban J connectivity index is 1.72. The van der Waals surface area contributed by atoms with Crippen LogP contribution in [0.5, 0.6) is 5.75 Å². The van der Waals surface area contributed by atoms with E-state index in [4.69, 9.17) is 16.3 Å². The van der Waals surface area contributed by atoms with E-state index in [0.717, 1.165) is 48.2 Å². The van der Waals surface area contributed by atoms with Crippen molar-refractivity contribution in [3.05, 3.63) is 95.0 Å². The van der Waals surface area contributed by atoms with Crippen LogP contribution in [0.15, 0.2) is 78.9 Å². The number of hydrogen-bond donors (Lipinski definition) is 1. The number of methoxy groups -OCH3 is 1. The fourth-order valence-corrected chi connectivity index (χ4v) is 6.32. The van der Waals surface area contributed by atoms with Crippen LogP contribution in [0.3, 0.4) is 0 Å². The maximum absolute atomic E-state index is 14.2. The van der Waals surface area contributed by atoms with E-state index in [1.54, 1.807) is 42.5 Å². The first kappa shape index (κ1) is 31.4. The van der Waals surface area contributed by atoms with Crippen molar-refractivity contribution in [2.75, 3.05) is 24.2 Å². The first-order valence-corrected chi connectivity index (χ1v) is 16.4. The zero-order chi connectivity index (χ0) is 30.1. The average molecular weight is 612 g/mol. The van der Waals surface area contributed by atoms with Crippen molar-refractivity contribution in [2.45, 2.75) is 57.2 Å². The van der Waals surface area contributed by atoms with Crippen LogP contribution in [0.2, 0.25) is 5.02 Å². The topological polar surface area (TPSA) is 96.0 Å². The first-order valence-electron chi connectivity index (χ1n) is 14.1. The molecule has 3 aromatic rings. The van der Waals surface area contributed by atoms with Gasteiger partial charge < -0.3 is 15.0 Å². The van der Waals surface area contributed by atoms with Crippen LogP contribution in [-0.4, -0.2) is 57.1 Å². The van der Waals surface area contributed by atoms with Crippen LogP contribution in [-0.2, 0) is 32.6 Å². The molecule has 1 atom stereocenters. The van der Waals surface area contributed by atoms with Gasteiger partial charge in [-0.1, -0.05) is 79.4 Å². The SMILES string of the molecule is COc1ccc(N(CC(=O)N(Cc2ccccc2Cl)C(Cc2ccccc2)C(=O)NC2CCCCC2)S(C)(=O)=O)cc1. The van der Waals surface area contributed by atoms with Crippen molar-refractivity contribution in [1.82, 2.24) is 10.2 Å². The zero-order valence-electron chi connectivity index (χ0n) is 24.0. The van der Waals surface area contributed by atoms with E-state index in [1.807, 2.05) is 36.4 Å². The van der Waals surface area contributed by atoms with Crippen LogP contribution < -0.4 is 14.4 Å². The summed E-state index contributed by atoms with van der Waals surface area (Å²) < 4.78 is 32.1. The third-order valence-electron chi connectivity index (χ3n) is 7.56. The molecule has 8 nitrogen and oxygen atoms in total. The molecule has 4 rings (SSSR count). The summed E-state index contributed by atoms with van der Waals surface area (Å²) in [5.74, 6) is -0.224. The van der Waals surface area contributed by atoms with Crippen molar-refractivity contribution in [3.63, 3.8) is 0 Å². The van der Waals surface area contributed by atoms with Crippen LogP contribution >= 0.6 is 11.6 Å². The van der Waals surface area contributed by atoms with Gasteiger partial charge in [0.15, 0.2) is 0 Å². The largest absolute Gasteiger partial charge is 0.497 e. The molecule has 2 amide bonds. The van der Waals surface area contributed by atoms with E-state index in [1.165, 1.54) is 12.0 Å². The second-order valence-electron chi connectivity index (χ2n) is 10.6. The average Bonchev–Trinajstić information content (AvgIpc) is 2.99. The molecule has 10 heteroatoms. The van der Waals surface area contributed by atoms with Gasteiger partial charge in [-0.2, -0.15) is 0 Å². The lowest BCUT2D eigenvalue weighted by atomic mass is 9.94. The third-order valence-corrected chi connectivity index (χ3v) is 9.07. The predicted octanol–water partition coefficient (Wildman–Crippen LogP) is 5.20. The van der Waals surface area contributed by atoms with Crippen LogP contribution in [0.4, 0.5) is 5.69 Å². The number of nitrogens with one attached hydrogen (secondary N) is 1. The molecule has 1 fully saturated rings. The minimum absolute atomic E-state index is 0.0357. The highest BCUT2D eigenvalue weighted by atomic mass is 35.5. The number of carbonyl (C=O) groups excluding carboxylic acids is 2. The number of benzene rings is 3. The molecule has 42 heavy (non-hydrogen) atoms. The Morgan fingerprint density at radius 1 is 0.952 bits per heavy atom. The number of ether oxygens (including phenoxy) is 1. The van der Waals surface area contributed by atoms with Crippen molar-refractivity contribution in [3.8, 4) is 5.75 Å². The molecular formula is C32H38ClN3O5S. The van der Waals surface area contributed by atoms with Gasteiger partial charge >= 0.3 is 0 Å². The maximum Gasteiger partial charge on any atom is 0.244 e. The standard InChI is InChI=1S/C32H38ClN3O5S/c1-41-28-19-17-27(18-20-28)36(42(2,39)40)23-31(37)35(22-25-13-9-10-16-29(25)33)30(21-24-11-5-3-6-12-24)32(38)34-26-14-7-4-8-15-26/h3,5-6,9-13,16-20,26,30H,4,7-8,14-15,21-23H2,1-2H3,(H,34,38). The maximum atomic E-state index is 14.2. The summed E-state index contributed by atoms with van der Waals surface area (Å²) in [5.41, 5.74) is 1.86. The van der Waals surface area contributed by atoms with Gasteiger partial charge in [-0.05, 0) is 54.3 Å². The summed E-state index contributed by atoms with van der Waals surface area (Å²) in [4.78, 5) is 29.7. The third kappa shape index (κ3) is 8.49. The summed E-state index contributed by atoms with van der Waals surface area (Å²) in [7, 11) is -2.34. The number of sulfonamides is 1. The van der Waals surface area contributed by atoms with E-state index >= 15 is 0 Å². The van der Waals surface area contributed by atoms with Crippen molar-refractivity contribution < 1.29 is 22.7 Å². The smallest absolute Gasteiger partial charge is 0.244 e. The highest BCUT2D eigenvalue weighted by Gasteiger charge is 2.34. The minimum Gasteiger partial charge on any atom is -0.497 e. The molecule has 1 N–H and O–H groups in total. The van der Waals surface area contributed by atoms with Crippen LogP contribution in [0.25, 0.3) is 0 Å². The molecule has 1 unspecified atom stereocenters. The van der Waals surface area contributed by atoms with Gasteiger partial charge in [0.25, 0.3) is 0 Å². The van der Waals surface area contributed by atoms with E-state index in [9.17, 15) is 18.0 Å². The highest BCUT2D eigenvalue weighted by molar-refractivity contribution is 7.92. The fraction of sp³-hybridized carbons (Fsp3) is 0.375. The van der Waals surface area contributed by atoms with Crippen molar-refractivity contribution in [2.24, 2.45) is 0 Å². The molecule has 1 aliphatic rings. The van der Waals surface area contributed by atoms with Crippen LogP contribution in [0, 0.1) is 0 Å². The Morgan fingerprint density at radius 3 is 2.21 bits per heavy atom. The number of rotatable bonds is 12. The van der Waals surface area contributed by atoms with Gasteiger partial charge in [-0.15, -0.1) is 0 Å². The number of nitrogens with zero attached hydrogens (tertiary/aromatic N) is 2. The second-order valence-corrected chi connectivity index (χ2v) is 12.9. The van der Waals surface area contributed by atoms with Crippen LogP contribution in [0.1, 0.15) is 43.2 Å². The number of hydrogen-bond acceptors (Lipinski definition) is 5. The highest BCUT2D eigenvalue weighted by Crippen LogP contribution is 2.25. The molecule has 1 saturated carbocycles. The summed E-state index contributed by atoms with van der Waals surface area (Å²) in [5, 5.41) is 3.65. The zero-order valence-corrected chi connectivity index (χ0v) is 25.6. The summed E-state index contributed by atoms with van der Waals surface area (Å²) in [6.07, 6.45) is 6.33. The Morgan fingerprint density at radius 2 is 1.60 bits per heavy atom. The first-order chi connectivity index (χ1) is 20.2. The van der Waals surface area contributed by atoms with E-state index in [2.05, 4.69) is 5.32 Å². The molecule has 0 aromatic heterocycles. The molecule has 1 aliphatic carbocycles. The molecule has 224 valence electrons.